The maximum Gasteiger partial charge on any atom is 0.472 e. The minimum absolute atomic E-state index is 0.147. The molecule has 0 aromatic carbocycles. The van der Waals surface area contributed by atoms with Gasteiger partial charge in [-0.3, -0.25) is 18.6 Å². The lowest BCUT2D eigenvalue weighted by atomic mass is 10.1. The number of aliphatic hydroxyl groups excluding tert-OH is 1. The zero-order valence-electron chi connectivity index (χ0n) is 27.2. The summed E-state index contributed by atoms with van der Waals surface area (Å²) in [6.45, 7) is 2.47. The average molecular weight is 650 g/mol. The van der Waals surface area contributed by atoms with Crippen molar-refractivity contribution in [1.82, 2.24) is 5.32 Å². The highest BCUT2D eigenvalue weighted by Gasteiger charge is 2.28. The number of phosphoric ester groups is 1. The number of esters is 1. The second-order valence-electron chi connectivity index (χ2n) is 11.4. The number of hydrogen-bond acceptors (Lipinski definition) is 8. The van der Waals surface area contributed by atoms with Crippen LogP contribution in [0.3, 0.4) is 0 Å². The summed E-state index contributed by atoms with van der Waals surface area (Å²) in [6.07, 6.45) is 22.7. The van der Waals surface area contributed by atoms with Gasteiger partial charge >= 0.3 is 19.8 Å². The number of carbonyl (C=O) groups excluding carboxylic acids is 2. The van der Waals surface area contributed by atoms with Gasteiger partial charge in [0.05, 0.1) is 13.2 Å². The van der Waals surface area contributed by atoms with Crippen LogP contribution in [0.1, 0.15) is 142 Å². The lowest BCUT2D eigenvalue weighted by molar-refractivity contribution is -0.147. The molecule has 0 heterocycles. The SMILES string of the molecule is CCCCC/C=C\CCCCCCCC(=O)OCC(O)COP(=O)(O)OCC(NC(=O)CCCCCCCCCC)C(=O)O. The van der Waals surface area contributed by atoms with Gasteiger partial charge in [0, 0.05) is 12.8 Å². The molecule has 44 heavy (non-hydrogen) atoms. The van der Waals surface area contributed by atoms with Gasteiger partial charge < -0.3 is 25.2 Å². The van der Waals surface area contributed by atoms with Gasteiger partial charge in [0.1, 0.15) is 12.7 Å². The fourth-order valence-electron chi connectivity index (χ4n) is 4.37. The molecule has 0 saturated carbocycles. The molecule has 1 amide bonds. The molecule has 3 unspecified atom stereocenters. The van der Waals surface area contributed by atoms with Crippen molar-refractivity contribution in [3.8, 4) is 0 Å². The second-order valence-corrected chi connectivity index (χ2v) is 12.8. The van der Waals surface area contributed by atoms with Crippen LogP contribution in [0, 0.1) is 0 Å². The summed E-state index contributed by atoms with van der Waals surface area (Å²) in [5.41, 5.74) is 0. The molecule has 0 bridgehead atoms. The molecule has 0 saturated heterocycles. The highest BCUT2D eigenvalue weighted by molar-refractivity contribution is 7.47. The minimum Gasteiger partial charge on any atom is -0.480 e. The lowest BCUT2D eigenvalue weighted by Crippen LogP contribution is -2.43. The summed E-state index contributed by atoms with van der Waals surface area (Å²) >= 11 is 0. The summed E-state index contributed by atoms with van der Waals surface area (Å²) < 4.78 is 26.5. The maximum atomic E-state index is 12.1. The van der Waals surface area contributed by atoms with Gasteiger partial charge in [0.25, 0.3) is 0 Å². The molecule has 0 aliphatic rings. The monoisotopic (exact) mass is 649 g/mol. The van der Waals surface area contributed by atoms with Crippen molar-refractivity contribution in [3.05, 3.63) is 12.2 Å². The molecule has 0 aliphatic heterocycles. The molecule has 0 aromatic rings. The molecule has 12 heteroatoms. The zero-order valence-corrected chi connectivity index (χ0v) is 28.1. The Balaban J connectivity index is 4.02. The number of carboxylic acids is 1. The normalized spacial score (nSPS) is 14.3. The summed E-state index contributed by atoms with van der Waals surface area (Å²) in [5.74, 6) is -2.39. The molecule has 0 rings (SSSR count). The third-order valence-electron chi connectivity index (χ3n) is 7.05. The molecule has 3 atom stereocenters. The highest BCUT2D eigenvalue weighted by atomic mass is 31.2. The molecule has 0 radical (unpaired) electrons. The number of ether oxygens (including phenoxy) is 1. The van der Waals surface area contributed by atoms with Crippen LogP contribution in [-0.4, -0.2) is 64.9 Å². The topological polar surface area (TPSA) is 169 Å². The van der Waals surface area contributed by atoms with E-state index in [1.807, 2.05) is 0 Å². The van der Waals surface area contributed by atoms with Crippen molar-refractivity contribution in [2.24, 2.45) is 0 Å². The number of phosphoric acid groups is 1. The largest absolute Gasteiger partial charge is 0.480 e. The Hall–Kier alpha value is -1.78. The molecular weight excluding hydrogens is 589 g/mol. The number of aliphatic hydroxyl groups is 1. The van der Waals surface area contributed by atoms with Crippen LogP contribution < -0.4 is 5.32 Å². The summed E-state index contributed by atoms with van der Waals surface area (Å²) in [4.78, 5) is 45.3. The van der Waals surface area contributed by atoms with Crippen LogP contribution in [0.4, 0.5) is 0 Å². The number of unbranched alkanes of at least 4 members (excludes halogenated alkanes) is 15. The fraction of sp³-hybridized carbons (Fsp3) is 0.844. The fourth-order valence-corrected chi connectivity index (χ4v) is 5.14. The number of amides is 1. The zero-order chi connectivity index (χ0) is 32.9. The van der Waals surface area contributed by atoms with E-state index >= 15 is 0 Å². The van der Waals surface area contributed by atoms with E-state index in [9.17, 15) is 34.1 Å². The smallest absolute Gasteiger partial charge is 0.472 e. The van der Waals surface area contributed by atoms with Gasteiger partial charge in [0.15, 0.2) is 6.04 Å². The summed E-state index contributed by atoms with van der Waals surface area (Å²) in [5, 5.41) is 21.6. The van der Waals surface area contributed by atoms with Crippen LogP contribution in [0.2, 0.25) is 0 Å². The van der Waals surface area contributed by atoms with Gasteiger partial charge in [-0.2, -0.15) is 0 Å². The molecule has 258 valence electrons. The standard InChI is InChI=1S/C32H60NO10P/c1-3-5-7-9-11-13-14-15-16-18-20-22-24-31(36)41-25-28(34)26-42-44(39,40)43-27-29(32(37)38)33-30(35)23-21-19-17-12-10-8-6-4-2/h11,13,28-29,34H,3-10,12,14-27H2,1-2H3,(H,33,35)(H,37,38)(H,39,40)/b13-11-. The quantitative estimate of drug-likeness (QED) is 0.0266. The van der Waals surface area contributed by atoms with Crippen molar-refractivity contribution < 1.29 is 47.8 Å². The molecule has 11 nitrogen and oxygen atoms in total. The summed E-state index contributed by atoms with van der Waals surface area (Å²) in [7, 11) is -4.73. The van der Waals surface area contributed by atoms with Crippen LogP contribution in [0.5, 0.6) is 0 Å². The minimum atomic E-state index is -4.73. The van der Waals surface area contributed by atoms with Crippen molar-refractivity contribution >= 4 is 25.7 Å². The van der Waals surface area contributed by atoms with Crippen molar-refractivity contribution in [2.75, 3.05) is 19.8 Å². The Bertz CT molecular complexity index is 823. The molecular formula is C32H60NO10P. The number of hydrogen-bond donors (Lipinski definition) is 4. The Morgan fingerprint density at radius 2 is 1.18 bits per heavy atom. The van der Waals surface area contributed by atoms with Gasteiger partial charge in [-0.05, 0) is 38.5 Å². The van der Waals surface area contributed by atoms with Crippen LogP contribution in [0.25, 0.3) is 0 Å². The van der Waals surface area contributed by atoms with E-state index < -0.39 is 57.6 Å². The van der Waals surface area contributed by atoms with Gasteiger partial charge in [-0.25, -0.2) is 9.36 Å². The Morgan fingerprint density at radius 3 is 1.77 bits per heavy atom. The number of carboxylic acid groups (broad SMARTS) is 1. The molecule has 0 spiro atoms. The predicted octanol–water partition coefficient (Wildman–Crippen LogP) is 6.99. The van der Waals surface area contributed by atoms with Crippen LogP contribution >= 0.6 is 7.82 Å². The first-order chi connectivity index (χ1) is 21.1. The van der Waals surface area contributed by atoms with Gasteiger partial charge in [0.2, 0.25) is 5.91 Å². The van der Waals surface area contributed by atoms with Crippen LogP contribution in [0.15, 0.2) is 12.2 Å². The Kier molecular flexibility index (Phi) is 27.5. The van der Waals surface area contributed by atoms with E-state index in [-0.39, 0.29) is 12.8 Å². The average Bonchev–Trinajstić information content (AvgIpc) is 2.99. The third-order valence-corrected chi connectivity index (χ3v) is 8.01. The molecule has 0 fully saturated rings. The molecule has 0 aliphatic carbocycles. The molecule has 4 N–H and O–H groups in total. The number of aliphatic carboxylic acids is 1. The number of carbonyl (C=O) groups is 3. The van der Waals surface area contributed by atoms with E-state index in [1.165, 1.54) is 44.9 Å². The Labute approximate surface area is 265 Å². The highest BCUT2D eigenvalue weighted by Crippen LogP contribution is 2.43. The van der Waals surface area contributed by atoms with E-state index in [2.05, 4.69) is 31.3 Å². The van der Waals surface area contributed by atoms with E-state index in [4.69, 9.17) is 13.8 Å². The first kappa shape index (κ1) is 42.2. The molecule has 0 aromatic heterocycles. The van der Waals surface area contributed by atoms with E-state index in [1.54, 1.807) is 0 Å². The second kappa shape index (κ2) is 28.7. The van der Waals surface area contributed by atoms with E-state index in [0.717, 1.165) is 57.8 Å². The van der Waals surface area contributed by atoms with Crippen LogP contribution in [-0.2, 0) is 32.7 Å². The number of rotatable bonds is 31. The van der Waals surface area contributed by atoms with Crippen molar-refractivity contribution in [3.63, 3.8) is 0 Å². The van der Waals surface area contributed by atoms with E-state index in [0.29, 0.717) is 12.8 Å². The first-order valence-corrected chi connectivity index (χ1v) is 18.2. The lowest BCUT2D eigenvalue weighted by Gasteiger charge is -2.18. The maximum absolute atomic E-state index is 12.1. The van der Waals surface area contributed by atoms with Gasteiger partial charge in [-0.15, -0.1) is 0 Å². The Morgan fingerprint density at radius 1 is 0.705 bits per heavy atom. The number of nitrogens with one attached hydrogen (secondary N) is 1. The third kappa shape index (κ3) is 27.7. The van der Waals surface area contributed by atoms with Crippen molar-refractivity contribution in [2.45, 2.75) is 154 Å². The summed E-state index contributed by atoms with van der Waals surface area (Å²) in [6, 6.07) is -1.54. The number of allylic oxidation sites excluding steroid dienone is 2. The van der Waals surface area contributed by atoms with Gasteiger partial charge in [-0.1, -0.05) is 103 Å². The first-order valence-electron chi connectivity index (χ1n) is 16.7. The predicted molar refractivity (Wildman–Crippen MR) is 171 cm³/mol. The van der Waals surface area contributed by atoms with Crippen molar-refractivity contribution in [1.29, 1.82) is 0 Å².